The van der Waals surface area contributed by atoms with E-state index in [4.69, 9.17) is 16.5 Å². The number of hydrogen-bond acceptors (Lipinski definition) is 5. The van der Waals surface area contributed by atoms with Crippen molar-refractivity contribution in [2.75, 3.05) is 0 Å². The van der Waals surface area contributed by atoms with Crippen LogP contribution in [0, 0.1) is 40.6 Å². The van der Waals surface area contributed by atoms with E-state index >= 15 is 0 Å². The van der Waals surface area contributed by atoms with E-state index in [-0.39, 0.29) is 16.8 Å². The second-order valence-electron chi connectivity index (χ2n) is 8.68. The lowest BCUT2D eigenvalue weighted by molar-refractivity contribution is 1.27. The first kappa shape index (κ1) is 22.4. The Balaban J connectivity index is 1.53. The average Bonchev–Trinajstić information content (AvgIpc) is 3.28. The Kier molecular flexibility index (Phi) is 5.22. The van der Waals surface area contributed by atoms with E-state index in [0.29, 0.717) is 33.6 Å². The maximum absolute atomic E-state index is 9.78. The minimum atomic E-state index is -0.0793. The summed E-state index contributed by atoms with van der Waals surface area (Å²) < 4.78 is 0. The van der Waals surface area contributed by atoms with E-state index in [1.807, 2.05) is 66.7 Å². The molecule has 4 aromatic carbocycles. The minimum Gasteiger partial charge on any atom is -0.245 e. The molecule has 0 radical (unpaired) electrons. The second kappa shape index (κ2) is 8.85. The molecule has 0 saturated heterocycles. The molecule has 172 valence electrons. The third-order valence-electron chi connectivity index (χ3n) is 6.61. The van der Waals surface area contributed by atoms with Gasteiger partial charge in [-0.05, 0) is 46.0 Å². The molecule has 6 heteroatoms. The van der Waals surface area contributed by atoms with Gasteiger partial charge < -0.3 is 0 Å². The van der Waals surface area contributed by atoms with Crippen LogP contribution in [-0.4, -0.2) is 9.97 Å². The summed E-state index contributed by atoms with van der Waals surface area (Å²) in [6.07, 6.45) is 0. The number of benzene rings is 4. The first-order valence-corrected chi connectivity index (χ1v) is 11.6. The fourth-order valence-electron chi connectivity index (χ4n) is 4.78. The van der Waals surface area contributed by atoms with Crippen LogP contribution in [0.4, 0.5) is 0 Å². The van der Waals surface area contributed by atoms with Crippen molar-refractivity contribution in [1.82, 2.24) is 9.97 Å². The zero-order chi connectivity index (χ0) is 26.2. The Morgan fingerprint density at radius 3 is 1.76 bits per heavy atom. The van der Waals surface area contributed by atoms with Gasteiger partial charge in [0.25, 0.3) is 5.70 Å². The lowest BCUT2D eigenvalue weighted by atomic mass is 9.96. The zero-order valence-corrected chi connectivity index (χ0v) is 19.8. The number of hydrogen-bond donors (Lipinski definition) is 0. The lowest BCUT2D eigenvalue weighted by Gasteiger charge is -2.08. The molecule has 1 aromatic heterocycles. The third-order valence-corrected chi connectivity index (χ3v) is 6.61. The number of fused-ring (bicyclic) bond motifs is 4. The van der Waals surface area contributed by atoms with E-state index in [2.05, 4.69) is 29.1 Å². The maximum Gasteiger partial charge on any atom is 0.271 e. The van der Waals surface area contributed by atoms with Crippen LogP contribution in [0.2, 0.25) is 0 Å². The molecule has 1 heterocycles. The average molecular weight is 483 g/mol. The highest BCUT2D eigenvalue weighted by molar-refractivity contribution is 6.03. The third kappa shape index (κ3) is 3.47. The highest BCUT2D eigenvalue weighted by Crippen LogP contribution is 2.46. The molecule has 6 rings (SSSR count). The highest BCUT2D eigenvalue weighted by atomic mass is 14.9. The van der Waals surface area contributed by atoms with Crippen molar-refractivity contribution in [1.29, 1.82) is 15.8 Å². The largest absolute Gasteiger partial charge is 0.271 e. The molecular weight excluding hydrogens is 468 g/mol. The molecule has 0 fully saturated rings. The van der Waals surface area contributed by atoms with Crippen molar-refractivity contribution in [3.63, 3.8) is 0 Å². The van der Waals surface area contributed by atoms with Gasteiger partial charge in [0.15, 0.2) is 0 Å². The molecule has 0 bridgehead atoms. The van der Waals surface area contributed by atoms with Gasteiger partial charge in [0.05, 0.1) is 46.2 Å². The predicted molar refractivity (Wildman–Crippen MR) is 144 cm³/mol. The van der Waals surface area contributed by atoms with Gasteiger partial charge in [0.1, 0.15) is 12.1 Å². The summed E-state index contributed by atoms with van der Waals surface area (Å²) in [6, 6.07) is 33.4. The van der Waals surface area contributed by atoms with Crippen LogP contribution in [-0.2, 0) is 0 Å². The highest BCUT2D eigenvalue weighted by Gasteiger charge is 2.30. The van der Waals surface area contributed by atoms with Gasteiger partial charge in [-0.25, -0.2) is 20.1 Å². The SMILES string of the molecule is [C-]#[N+]/C(C#N)=C1\c2cc(-c3ccc(-c4ccccc4)cc3)ccc2-c2nc3cc(C#N)c(C#N)cc3nc21. The first-order valence-electron chi connectivity index (χ1n) is 11.6. The quantitative estimate of drug-likeness (QED) is 0.198. The Morgan fingerprint density at radius 2 is 1.18 bits per heavy atom. The topological polar surface area (TPSA) is 102 Å². The van der Waals surface area contributed by atoms with E-state index in [0.717, 1.165) is 27.8 Å². The van der Waals surface area contributed by atoms with Crippen molar-refractivity contribution in [3.05, 3.63) is 124 Å². The molecule has 0 amide bonds. The summed E-state index contributed by atoms with van der Waals surface area (Å²) in [5.41, 5.74) is 8.23. The van der Waals surface area contributed by atoms with Gasteiger partial charge in [0, 0.05) is 11.1 Å². The summed E-state index contributed by atoms with van der Waals surface area (Å²) in [5.74, 6) is 0. The van der Waals surface area contributed by atoms with Crippen molar-refractivity contribution < 1.29 is 0 Å². The number of rotatable bonds is 2. The maximum atomic E-state index is 9.78. The Hall–Kier alpha value is -6.08. The van der Waals surface area contributed by atoms with E-state index in [9.17, 15) is 15.8 Å². The molecule has 0 aliphatic heterocycles. The van der Waals surface area contributed by atoms with Crippen molar-refractivity contribution in [3.8, 4) is 51.7 Å². The van der Waals surface area contributed by atoms with E-state index in [1.54, 1.807) is 6.07 Å². The monoisotopic (exact) mass is 482 g/mol. The van der Waals surface area contributed by atoms with Crippen LogP contribution in [0.25, 0.3) is 55.0 Å². The van der Waals surface area contributed by atoms with Crippen LogP contribution >= 0.6 is 0 Å². The summed E-state index contributed by atoms with van der Waals surface area (Å²) >= 11 is 0. The van der Waals surface area contributed by atoms with Crippen LogP contribution in [0.1, 0.15) is 22.4 Å². The van der Waals surface area contributed by atoms with Crippen molar-refractivity contribution >= 4 is 16.6 Å². The molecule has 1 aliphatic rings. The predicted octanol–water partition coefficient (Wildman–Crippen LogP) is 6.89. The van der Waals surface area contributed by atoms with E-state index < -0.39 is 0 Å². The van der Waals surface area contributed by atoms with Crippen molar-refractivity contribution in [2.45, 2.75) is 0 Å². The summed E-state index contributed by atoms with van der Waals surface area (Å²) in [5, 5.41) is 28.7. The van der Waals surface area contributed by atoms with Gasteiger partial charge in [-0.15, -0.1) is 0 Å². The van der Waals surface area contributed by atoms with E-state index in [1.165, 1.54) is 6.07 Å². The normalized spacial score (nSPS) is 12.4. The fraction of sp³-hybridized carbons (Fsp3) is 0. The van der Waals surface area contributed by atoms with Crippen LogP contribution in [0.3, 0.4) is 0 Å². The molecule has 6 nitrogen and oxygen atoms in total. The van der Waals surface area contributed by atoms with Gasteiger partial charge in [0.2, 0.25) is 0 Å². The zero-order valence-electron chi connectivity index (χ0n) is 19.8. The van der Waals surface area contributed by atoms with Gasteiger partial charge in [-0.2, -0.15) is 10.5 Å². The smallest absolute Gasteiger partial charge is 0.245 e. The number of aromatic nitrogens is 2. The molecule has 0 spiro atoms. The Bertz CT molecular complexity index is 1980. The number of nitrogens with zero attached hydrogens (tertiary/aromatic N) is 6. The standard InChI is InChI=1S/C32H14N6/c1-36-29(18-35)30-26-13-22(21-9-7-20(8-10-21)19-5-3-2-4-6-19)11-12-25(26)31-32(30)38-28-15-24(17-34)23(16-33)14-27(28)37-31/h2-15H/b30-29+. The van der Waals surface area contributed by atoms with Crippen LogP contribution in [0.5, 0.6) is 0 Å². The molecule has 0 atom stereocenters. The molecule has 38 heavy (non-hydrogen) atoms. The van der Waals surface area contributed by atoms with Gasteiger partial charge in [-0.1, -0.05) is 66.7 Å². The summed E-state index contributed by atoms with van der Waals surface area (Å²) in [6.45, 7) is 7.63. The fourth-order valence-corrected chi connectivity index (χ4v) is 4.78. The van der Waals surface area contributed by atoms with Crippen molar-refractivity contribution in [2.24, 2.45) is 0 Å². The first-order chi connectivity index (χ1) is 18.6. The summed E-state index contributed by atoms with van der Waals surface area (Å²) in [7, 11) is 0. The van der Waals surface area contributed by atoms with Crippen LogP contribution < -0.4 is 0 Å². The number of nitriles is 3. The number of allylic oxidation sites excluding steroid dienone is 1. The molecular formula is C32H14N6. The minimum absolute atomic E-state index is 0.0793. The summed E-state index contributed by atoms with van der Waals surface area (Å²) in [4.78, 5) is 13.0. The molecule has 0 N–H and O–H groups in total. The van der Waals surface area contributed by atoms with Gasteiger partial charge >= 0.3 is 0 Å². The Morgan fingerprint density at radius 1 is 0.632 bits per heavy atom. The van der Waals surface area contributed by atoms with Crippen LogP contribution in [0.15, 0.2) is 90.6 Å². The lowest BCUT2D eigenvalue weighted by Crippen LogP contribution is -1.96. The van der Waals surface area contributed by atoms with Gasteiger partial charge in [-0.3, -0.25) is 0 Å². The molecule has 0 saturated carbocycles. The second-order valence-corrected chi connectivity index (χ2v) is 8.68. The Labute approximate surface area is 218 Å². The molecule has 1 aliphatic carbocycles. The molecule has 0 unspecified atom stereocenters. The molecule has 5 aromatic rings.